The van der Waals surface area contributed by atoms with E-state index in [9.17, 15) is 0 Å². The van der Waals surface area contributed by atoms with Gasteiger partial charge in [0.1, 0.15) is 0 Å². The van der Waals surface area contributed by atoms with E-state index in [1.54, 1.807) is 11.3 Å². The topological polar surface area (TPSA) is 30.9 Å². The molecule has 0 bridgehead atoms. The number of benzene rings is 1. The highest BCUT2D eigenvalue weighted by Crippen LogP contribution is 2.26. The number of thiophene rings is 1. The number of hydrogen-bond donors (Lipinski definition) is 1. The Morgan fingerprint density at radius 3 is 2.86 bits per heavy atom. The Bertz CT molecular complexity index is 744. The molecule has 4 heteroatoms. The predicted molar refractivity (Wildman–Crippen MR) is 95.0 cm³/mol. The molecule has 2 heterocycles. The molecule has 3 aromatic rings. The fourth-order valence-corrected chi connectivity index (χ4v) is 4.01. The number of hydrogen-bond acceptors (Lipinski definition) is 2. The van der Waals surface area contributed by atoms with Crippen molar-refractivity contribution in [3.8, 4) is 0 Å². The Hall–Kier alpha value is -1.10. The third kappa shape index (κ3) is 3.23. The molecule has 1 atom stereocenters. The van der Waals surface area contributed by atoms with E-state index in [0.717, 1.165) is 19.4 Å². The Balaban J connectivity index is 1.92. The van der Waals surface area contributed by atoms with Gasteiger partial charge in [-0.2, -0.15) is 0 Å². The van der Waals surface area contributed by atoms with Crippen LogP contribution in [-0.2, 0) is 13.0 Å². The molecule has 21 heavy (non-hydrogen) atoms. The van der Waals surface area contributed by atoms with Gasteiger partial charge in [0.05, 0.1) is 6.54 Å². The molecule has 2 aromatic heterocycles. The molecule has 0 fully saturated rings. The van der Waals surface area contributed by atoms with Crippen LogP contribution in [0.3, 0.4) is 0 Å². The highest BCUT2D eigenvalue weighted by atomic mass is 79.9. The summed E-state index contributed by atoms with van der Waals surface area (Å²) in [4.78, 5) is 1.35. The summed E-state index contributed by atoms with van der Waals surface area (Å²) < 4.78 is 3.51. The van der Waals surface area contributed by atoms with Gasteiger partial charge in [0.25, 0.3) is 0 Å². The van der Waals surface area contributed by atoms with Crippen molar-refractivity contribution in [3.05, 3.63) is 56.8 Å². The second-order valence-electron chi connectivity index (χ2n) is 5.40. The lowest BCUT2D eigenvalue weighted by Gasteiger charge is -2.10. The lowest BCUT2D eigenvalue weighted by molar-refractivity contribution is 0.646. The molecule has 0 spiro atoms. The first kappa shape index (κ1) is 14.8. The van der Waals surface area contributed by atoms with Gasteiger partial charge in [0, 0.05) is 27.1 Å². The predicted octanol–water partition coefficient (Wildman–Crippen LogP) is 4.79. The van der Waals surface area contributed by atoms with Crippen molar-refractivity contribution in [1.82, 2.24) is 4.57 Å². The van der Waals surface area contributed by atoms with Gasteiger partial charge < -0.3 is 10.3 Å². The summed E-state index contributed by atoms with van der Waals surface area (Å²) in [5.41, 5.74) is 8.69. The molecule has 1 unspecified atom stereocenters. The van der Waals surface area contributed by atoms with Gasteiger partial charge >= 0.3 is 0 Å². The van der Waals surface area contributed by atoms with Gasteiger partial charge in [-0.1, -0.05) is 19.1 Å². The van der Waals surface area contributed by atoms with Crippen LogP contribution in [-0.4, -0.2) is 10.6 Å². The van der Waals surface area contributed by atoms with Crippen molar-refractivity contribution in [2.75, 3.05) is 0 Å². The molecule has 110 valence electrons. The molecule has 0 saturated heterocycles. The molecule has 3 rings (SSSR count). The third-order valence-corrected chi connectivity index (χ3v) is 5.78. The Morgan fingerprint density at radius 1 is 1.29 bits per heavy atom. The maximum Gasteiger partial charge on any atom is 0.0580 e. The van der Waals surface area contributed by atoms with E-state index >= 15 is 0 Å². The van der Waals surface area contributed by atoms with Gasteiger partial charge in [-0.3, -0.25) is 0 Å². The van der Waals surface area contributed by atoms with Gasteiger partial charge in [-0.25, -0.2) is 0 Å². The number of rotatable bonds is 5. The Kier molecular flexibility index (Phi) is 4.48. The molecule has 0 aliphatic carbocycles. The van der Waals surface area contributed by atoms with Gasteiger partial charge in [0.15, 0.2) is 0 Å². The second kappa shape index (κ2) is 6.34. The van der Waals surface area contributed by atoms with E-state index in [0.29, 0.717) is 0 Å². The minimum atomic E-state index is 0.248. The fraction of sp³-hybridized carbons (Fsp3) is 0.294. The zero-order chi connectivity index (χ0) is 14.8. The normalized spacial score (nSPS) is 12.9. The van der Waals surface area contributed by atoms with E-state index in [-0.39, 0.29) is 6.04 Å². The van der Waals surface area contributed by atoms with Crippen LogP contribution in [0.25, 0.3) is 10.9 Å². The third-order valence-electron chi connectivity index (χ3n) is 3.87. The van der Waals surface area contributed by atoms with Crippen LogP contribution in [0.4, 0.5) is 0 Å². The van der Waals surface area contributed by atoms with Crippen molar-refractivity contribution in [2.24, 2.45) is 5.73 Å². The van der Waals surface area contributed by atoms with Gasteiger partial charge in [-0.05, 0) is 63.3 Å². The summed E-state index contributed by atoms with van der Waals surface area (Å²) in [6.07, 6.45) is 4.13. The summed E-state index contributed by atoms with van der Waals surface area (Å²) in [5.74, 6) is 0. The smallest absolute Gasteiger partial charge is 0.0580 e. The molecule has 0 amide bonds. The summed E-state index contributed by atoms with van der Waals surface area (Å²) in [6, 6.07) is 11.2. The van der Waals surface area contributed by atoms with Crippen LogP contribution >= 0.6 is 27.3 Å². The number of nitrogens with zero attached hydrogens (tertiary/aromatic N) is 1. The van der Waals surface area contributed by atoms with E-state index in [1.165, 1.54) is 25.8 Å². The average molecular weight is 363 g/mol. The second-order valence-corrected chi connectivity index (χ2v) is 7.26. The molecule has 0 radical (unpaired) electrons. The zero-order valence-corrected chi connectivity index (χ0v) is 14.5. The molecule has 0 aliphatic heterocycles. The van der Waals surface area contributed by atoms with Crippen LogP contribution < -0.4 is 5.73 Å². The summed E-state index contributed by atoms with van der Waals surface area (Å²) in [6.45, 7) is 3.05. The van der Waals surface area contributed by atoms with E-state index in [1.807, 2.05) is 0 Å². The minimum Gasteiger partial charge on any atom is -0.342 e. The first-order chi connectivity index (χ1) is 10.2. The van der Waals surface area contributed by atoms with Crippen LogP contribution in [0.2, 0.25) is 0 Å². The zero-order valence-electron chi connectivity index (χ0n) is 12.1. The van der Waals surface area contributed by atoms with Crippen LogP contribution in [0.15, 0.2) is 46.4 Å². The molecule has 2 N–H and O–H groups in total. The lowest BCUT2D eigenvalue weighted by atomic mass is 10.0. The van der Waals surface area contributed by atoms with Crippen molar-refractivity contribution in [3.63, 3.8) is 0 Å². The minimum absolute atomic E-state index is 0.248. The molecule has 0 aliphatic rings. The first-order valence-corrected chi connectivity index (χ1v) is 8.90. The molecular weight excluding hydrogens is 344 g/mol. The highest BCUT2D eigenvalue weighted by molar-refractivity contribution is 9.10. The Labute approximate surface area is 137 Å². The Morgan fingerprint density at radius 2 is 2.14 bits per heavy atom. The number of nitrogens with two attached hydrogens (primary N) is 1. The van der Waals surface area contributed by atoms with E-state index in [2.05, 4.69) is 69.3 Å². The van der Waals surface area contributed by atoms with Crippen molar-refractivity contribution < 1.29 is 0 Å². The number of halogens is 1. The number of fused-ring (bicyclic) bond motifs is 1. The first-order valence-electron chi connectivity index (χ1n) is 7.22. The SMILES string of the molecule is CCC(N)Cc1ccc2ccn(Cc3sccc3Br)c2c1. The monoisotopic (exact) mass is 362 g/mol. The van der Waals surface area contributed by atoms with E-state index in [4.69, 9.17) is 5.73 Å². The van der Waals surface area contributed by atoms with Crippen molar-refractivity contribution in [1.29, 1.82) is 0 Å². The average Bonchev–Trinajstić information content (AvgIpc) is 3.07. The van der Waals surface area contributed by atoms with Crippen molar-refractivity contribution >= 4 is 38.2 Å². The maximum absolute atomic E-state index is 6.08. The molecule has 0 saturated carbocycles. The largest absolute Gasteiger partial charge is 0.342 e. The summed E-state index contributed by atoms with van der Waals surface area (Å²) in [7, 11) is 0. The molecular formula is C17H19BrN2S. The van der Waals surface area contributed by atoms with Crippen LogP contribution in [0.1, 0.15) is 23.8 Å². The molecule has 1 aromatic carbocycles. The lowest BCUT2D eigenvalue weighted by Crippen LogP contribution is -2.21. The summed E-state index contributed by atoms with van der Waals surface area (Å²) >= 11 is 5.40. The van der Waals surface area contributed by atoms with Crippen LogP contribution in [0, 0.1) is 0 Å². The van der Waals surface area contributed by atoms with Gasteiger partial charge in [-0.15, -0.1) is 11.3 Å². The fourth-order valence-electron chi connectivity index (χ4n) is 2.53. The quantitative estimate of drug-likeness (QED) is 0.694. The summed E-state index contributed by atoms with van der Waals surface area (Å²) in [5, 5.41) is 3.41. The number of aromatic nitrogens is 1. The van der Waals surface area contributed by atoms with E-state index < -0.39 is 0 Å². The standard InChI is InChI=1S/C17H19BrN2S/c1-2-14(19)9-12-3-4-13-5-7-20(16(13)10-12)11-17-15(18)6-8-21-17/h3-8,10,14H,2,9,11,19H2,1H3. The van der Waals surface area contributed by atoms with Crippen LogP contribution in [0.5, 0.6) is 0 Å². The van der Waals surface area contributed by atoms with Crippen molar-refractivity contribution in [2.45, 2.75) is 32.4 Å². The maximum atomic E-state index is 6.08. The molecule has 2 nitrogen and oxygen atoms in total. The highest BCUT2D eigenvalue weighted by Gasteiger charge is 2.08. The van der Waals surface area contributed by atoms with Gasteiger partial charge in [0.2, 0.25) is 0 Å².